The molecule has 0 aromatic heterocycles. The molecule has 1 aliphatic heterocycles. The average Bonchev–Trinajstić information content (AvgIpc) is 2.29. The number of aliphatic carboxylic acids is 1. The molecular formula is C12H12FNO3. The quantitative estimate of drug-likeness (QED) is 0.850. The minimum atomic E-state index is -0.918. The fraction of sp³-hybridized carbons (Fsp3) is 0.333. The Morgan fingerprint density at radius 2 is 2.24 bits per heavy atom. The van der Waals surface area contributed by atoms with Crippen LogP contribution < -0.4 is 4.90 Å². The van der Waals surface area contributed by atoms with Crippen molar-refractivity contribution in [2.24, 2.45) is 5.92 Å². The van der Waals surface area contributed by atoms with Crippen LogP contribution in [0.4, 0.5) is 10.1 Å². The van der Waals surface area contributed by atoms with Crippen molar-refractivity contribution in [2.75, 3.05) is 11.4 Å². The normalized spacial score (nSPS) is 20.4. The van der Waals surface area contributed by atoms with E-state index in [9.17, 15) is 14.0 Å². The molecule has 90 valence electrons. The largest absolute Gasteiger partial charge is 0.481 e. The first-order valence-corrected chi connectivity index (χ1v) is 5.36. The highest BCUT2D eigenvalue weighted by atomic mass is 19.1. The van der Waals surface area contributed by atoms with Crippen molar-refractivity contribution in [3.8, 4) is 0 Å². The number of amides is 1. The fourth-order valence-electron chi connectivity index (χ4n) is 1.94. The average molecular weight is 237 g/mol. The molecule has 1 saturated heterocycles. The van der Waals surface area contributed by atoms with E-state index in [-0.39, 0.29) is 18.9 Å². The van der Waals surface area contributed by atoms with E-state index in [2.05, 4.69) is 0 Å². The second-order valence-electron chi connectivity index (χ2n) is 4.06. The number of hydrogen-bond acceptors (Lipinski definition) is 2. The highest BCUT2D eigenvalue weighted by molar-refractivity contribution is 5.95. The van der Waals surface area contributed by atoms with E-state index in [1.165, 1.54) is 23.1 Å². The van der Waals surface area contributed by atoms with E-state index in [0.717, 1.165) is 0 Å². The maximum absolute atomic E-state index is 13.1. The third-order valence-corrected chi connectivity index (χ3v) is 2.88. The zero-order valence-electron chi connectivity index (χ0n) is 9.10. The molecule has 0 aliphatic carbocycles. The lowest BCUT2D eigenvalue weighted by molar-refractivity contribution is -0.142. The number of carboxylic acids is 1. The van der Waals surface area contributed by atoms with E-state index in [1.807, 2.05) is 0 Å². The minimum absolute atomic E-state index is 0.109. The van der Waals surface area contributed by atoms with Gasteiger partial charge in [0.15, 0.2) is 0 Å². The molecule has 0 unspecified atom stereocenters. The van der Waals surface area contributed by atoms with Gasteiger partial charge in [-0.1, -0.05) is 6.07 Å². The van der Waals surface area contributed by atoms with Gasteiger partial charge in [-0.3, -0.25) is 9.59 Å². The summed E-state index contributed by atoms with van der Waals surface area (Å²) in [6.07, 6.45) is 0.535. The van der Waals surface area contributed by atoms with Gasteiger partial charge in [0, 0.05) is 18.7 Å². The minimum Gasteiger partial charge on any atom is -0.481 e. The molecule has 0 spiro atoms. The maximum atomic E-state index is 13.1. The van der Waals surface area contributed by atoms with Crippen molar-refractivity contribution in [2.45, 2.75) is 12.8 Å². The second-order valence-corrected chi connectivity index (χ2v) is 4.06. The molecule has 1 atom stereocenters. The maximum Gasteiger partial charge on any atom is 0.308 e. The molecule has 2 rings (SSSR count). The zero-order valence-corrected chi connectivity index (χ0v) is 9.10. The number of carboxylic acid groups (broad SMARTS) is 1. The Balaban J connectivity index is 2.23. The molecule has 4 nitrogen and oxygen atoms in total. The Hall–Kier alpha value is -1.91. The smallest absolute Gasteiger partial charge is 0.308 e. The van der Waals surface area contributed by atoms with Crippen LogP contribution in [-0.2, 0) is 9.59 Å². The van der Waals surface area contributed by atoms with Gasteiger partial charge >= 0.3 is 5.97 Å². The van der Waals surface area contributed by atoms with E-state index < -0.39 is 17.7 Å². The first-order chi connectivity index (χ1) is 8.08. The van der Waals surface area contributed by atoms with Crippen LogP contribution in [0.15, 0.2) is 24.3 Å². The Morgan fingerprint density at radius 3 is 2.88 bits per heavy atom. The van der Waals surface area contributed by atoms with Gasteiger partial charge in [0.2, 0.25) is 5.91 Å². The van der Waals surface area contributed by atoms with E-state index in [0.29, 0.717) is 12.1 Å². The van der Waals surface area contributed by atoms with Gasteiger partial charge in [0.1, 0.15) is 5.82 Å². The Morgan fingerprint density at radius 1 is 1.47 bits per heavy atom. The van der Waals surface area contributed by atoms with Crippen LogP contribution in [0, 0.1) is 11.7 Å². The molecule has 1 aliphatic rings. The van der Waals surface area contributed by atoms with Crippen molar-refractivity contribution in [3.63, 3.8) is 0 Å². The lowest BCUT2D eigenvalue weighted by Crippen LogP contribution is -2.42. The SMILES string of the molecule is O=C(O)[C@@H]1CCC(=O)N(c2cccc(F)c2)C1. The lowest BCUT2D eigenvalue weighted by atomic mass is 9.97. The predicted octanol–water partition coefficient (Wildman–Crippen LogP) is 1.65. The van der Waals surface area contributed by atoms with Crippen LogP contribution >= 0.6 is 0 Å². The second kappa shape index (κ2) is 4.53. The summed E-state index contributed by atoms with van der Waals surface area (Å²) in [6, 6.07) is 5.63. The number of piperidine rings is 1. The summed E-state index contributed by atoms with van der Waals surface area (Å²) in [5, 5.41) is 8.93. The van der Waals surface area contributed by atoms with Crippen LogP contribution in [-0.4, -0.2) is 23.5 Å². The van der Waals surface area contributed by atoms with Crippen molar-refractivity contribution in [1.29, 1.82) is 0 Å². The number of anilines is 1. The van der Waals surface area contributed by atoms with Gasteiger partial charge in [-0.2, -0.15) is 0 Å². The molecule has 0 radical (unpaired) electrons. The van der Waals surface area contributed by atoms with Crippen molar-refractivity contribution < 1.29 is 19.1 Å². The molecule has 1 amide bonds. The highest BCUT2D eigenvalue weighted by Crippen LogP contribution is 2.24. The standard InChI is InChI=1S/C12H12FNO3/c13-9-2-1-3-10(6-9)14-7-8(12(16)17)4-5-11(14)15/h1-3,6,8H,4-5,7H2,(H,16,17)/t8-/m1/s1. The van der Waals surface area contributed by atoms with Crippen LogP contribution in [0.5, 0.6) is 0 Å². The summed E-state index contributed by atoms with van der Waals surface area (Å²) in [6.45, 7) is 0.109. The Bertz CT molecular complexity index is 461. The molecule has 17 heavy (non-hydrogen) atoms. The molecule has 1 fully saturated rings. The summed E-state index contributed by atoms with van der Waals surface area (Å²) in [5.41, 5.74) is 0.418. The van der Waals surface area contributed by atoms with E-state index >= 15 is 0 Å². The summed E-state index contributed by atoms with van der Waals surface area (Å²) >= 11 is 0. The molecule has 0 bridgehead atoms. The molecule has 1 aromatic rings. The summed E-state index contributed by atoms with van der Waals surface area (Å²) in [5.74, 6) is -2.09. The monoisotopic (exact) mass is 237 g/mol. The van der Waals surface area contributed by atoms with Crippen molar-refractivity contribution >= 4 is 17.6 Å². The predicted molar refractivity (Wildman–Crippen MR) is 59.1 cm³/mol. The van der Waals surface area contributed by atoms with Crippen molar-refractivity contribution in [1.82, 2.24) is 0 Å². The summed E-state index contributed by atoms with van der Waals surface area (Å²) < 4.78 is 13.1. The fourth-order valence-corrected chi connectivity index (χ4v) is 1.94. The molecular weight excluding hydrogens is 225 g/mol. The first-order valence-electron chi connectivity index (χ1n) is 5.36. The van der Waals surface area contributed by atoms with Crippen LogP contribution in [0.25, 0.3) is 0 Å². The molecule has 5 heteroatoms. The number of benzene rings is 1. The van der Waals surface area contributed by atoms with E-state index in [1.54, 1.807) is 6.07 Å². The molecule has 1 N–H and O–H groups in total. The molecule has 1 heterocycles. The number of hydrogen-bond donors (Lipinski definition) is 1. The Labute approximate surface area is 97.7 Å². The van der Waals surface area contributed by atoms with Gasteiger partial charge < -0.3 is 10.0 Å². The lowest BCUT2D eigenvalue weighted by Gasteiger charge is -2.30. The van der Waals surface area contributed by atoms with Crippen molar-refractivity contribution in [3.05, 3.63) is 30.1 Å². The van der Waals surface area contributed by atoms with Crippen LogP contribution in [0.2, 0.25) is 0 Å². The van der Waals surface area contributed by atoms with Gasteiger partial charge in [-0.25, -0.2) is 4.39 Å². The van der Waals surface area contributed by atoms with Gasteiger partial charge in [-0.15, -0.1) is 0 Å². The van der Waals surface area contributed by atoms with Gasteiger partial charge in [-0.05, 0) is 24.6 Å². The Kier molecular flexibility index (Phi) is 3.08. The highest BCUT2D eigenvalue weighted by Gasteiger charge is 2.30. The number of halogens is 1. The zero-order chi connectivity index (χ0) is 12.4. The summed E-state index contributed by atoms with van der Waals surface area (Å²) in [4.78, 5) is 23.9. The third kappa shape index (κ3) is 2.43. The van der Waals surface area contributed by atoms with Crippen LogP contribution in [0.1, 0.15) is 12.8 Å². The third-order valence-electron chi connectivity index (χ3n) is 2.88. The van der Waals surface area contributed by atoms with Gasteiger partial charge in [0.25, 0.3) is 0 Å². The van der Waals surface area contributed by atoms with Gasteiger partial charge in [0.05, 0.1) is 5.92 Å². The number of nitrogens with zero attached hydrogens (tertiary/aromatic N) is 1. The molecule has 1 aromatic carbocycles. The topological polar surface area (TPSA) is 57.6 Å². The van der Waals surface area contributed by atoms with E-state index in [4.69, 9.17) is 5.11 Å². The molecule has 0 saturated carbocycles. The first kappa shape index (κ1) is 11.6. The number of rotatable bonds is 2. The number of carbonyl (C=O) groups is 2. The number of carbonyl (C=O) groups excluding carboxylic acids is 1. The summed E-state index contributed by atoms with van der Waals surface area (Å²) in [7, 11) is 0. The van der Waals surface area contributed by atoms with Crippen LogP contribution in [0.3, 0.4) is 0 Å².